The number of fused-ring (bicyclic) bond motifs is 7. The molecule has 1 saturated heterocycles. The summed E-state index contributed by atoms with van der Waals surface area (Å²) in [5.74, 6) is -2.53. The summed E-state index contributed by atoms with van der Waals surface area (Å²) in [4.78, 5) is 47.8. The summed E-state index contributed by atoms with van der Waals surface area (Å²) < 4.78 is 10.8. The molecule has 8 bridgehead atoms. The first-order chi connectivity index (χ1) is 23.4. The third kappa shape index (κ3) is 5.83. The Hall–Kier alpha value is -4.79. The van der Waals surface area contributed by atoms with Crippen molar-refractivity contribution in [2.24, 2.45) is 17.8 Å². The Labute approximate surface area is 288 Å². The highest BCUT2D eigenvalue weighted by Gasteiger charge is 2.49. The van der Waals surface area contributed by atoms with Gasteiger partial charge in [0.2, 0.25) is 0 Å². The lowest BCUT2D eigenvalue weighted by Gasteiger charge is -2.20. The molecular weight excluding hydrogens is 616 g/mol. The summed E-state index contributed by atoms with van der Waals surface area (Å²) in [6, 6.07) is 0.0354. The quantitative estimate of drug-likeness (QED) is 0.135. The van der Waals surface area contributed by atoms with Gasteiger partial charge in [0.15, 0.2) is 5.78 Å². The van der Waals surface area contributed by atoms with Crippen LogP contribution in [0.1, 0.15) is 104 Å². The number of Topliss-reactive ketones (excluding diaryl/α,β-unsaturated/α-hetero) is 1. The number of aromatic nitrogens is 2. The van der Waals surface area contributed by atoms with Gasteiger partial charge in [-0.25, -0.2) is 0 Å². The molecule has 4 atom stereocenters. The standard InChI is InChI=1S/C40H48N4O5/c1-10-24-20(5)27-16-29-22(7)26(12-13-33(45)49-15-14-19(3)4)37(43-29)35-36(40(47)48-9)39(46)34-23(8)30(44-38(34)35)18-32-25(11-2)21(6)28(42-32)17-31(24)41-27/h10,14,16-17,22,26,32,36,41-44H,1,11-13,15,18H2,2-9H3/b28-17-,29-16-,37-35-/t22-,26-,32?,36+/m0/s1. The van der Waals surface area contributed by atoms with Crippen molar-refractivity contribution in [3.05, 3.63) is 91.5 Å². The van der Waals surface area contributed by atoms with E-state index in [4.69, 9.17) is 9.47 Å². The molecule has 0 aromatic carbocycles. The predicted molar refractivity (Wildman–Crippen MR) is 193 cm³/mol. The van der Waals surface area contributed by atoms with E-state index < -0.39 is 11.9 Å². The topological polar surface area (TPSA) is 125 Å². The Morgan fingerprint density at radius 2 is 1.84 bits per heavy atom. The number of allylic oxidation sites excluding steroid dienone is 4. The van der Waals surface area contributed by atoms with Crippen LogP contribution in [0.15, 0.2) is 46.5 Å². The van der Waals surface area contributed by atoms with Crippen LogP contribution in [-0.4, -0.2) is 47.4 Å². The normalized spacial score (nSPS) is 26.0. The fourth-order valence-electron chi connectivity index (χ4n) is 8.05. The zero-order valence-electron chi connectivity index (χ0n) is 29.9. The lowest BCUT2D eigenvalue weighted by Crippen LogP contribution is -2.28. The number of nitrogens with one attached hydrogen (secondary N) is 4. The Kier molecular flexibility index (Phi) is 9.22. The highest BCUT2D eigenvalue weighted by Crippen LogP contribution is 2.48. The molecule has 2 aromatic rings. The van der Waals surface area contributed by atoms with E-state index >= 15 is 0 Å². The van der Waals surface area contributed by atoms with E-state index in [2.05, 4.69) is 67.0 Å². The molecule has 0 radical (unpaired) electrons. The second kappa shape index (κ2) is 13.3. The highest BCUT2D eigenvalue weighted by atomic mass is 16.5. The first-order valence-corrected chi connectivity index (χ1v) is 17.3. The summed E-state index contributed by atoms with van der Waals surface area (Å²) >= 11 is 0. The van der Waals surface area contributed by atoms with E-state index in [0.29, 0.717) is 29.7 Å². The number of methoxy groups -OCH3 is 1. The fourth-order valence-corrected chi connectivity index (χ4v) is 8.05. The molecule has 0 spiro atoms. The van der Waals surface area contributed by atoms with Crippen molar-refractivity contribution < 1.29 is 23.9 Å². The van der Waals surface area contributed by atoms with Crippen molar-refractivity contribution in [1.29, 1.82) is 0 Å². The smallest absolute Gasteiger partial charge is 0.321 e. The Bertz CT molecular complexity index is 1920. The molecule has 6 rings (SSSR count). The van der Waals surface area contributed by atoms with E-state index in [-0.39, 0.29) is 42.7 Å². The Morgan fingerprint density at radius 3 is 2.51 bits per heavy atom. The lowest BCUT2D eigenvalue weighted by molar-refractivity contribution is -0.143. The third-order valence-electron chi connectivity index (χ3n) is 10.9. The van der Waals surface area contributed by atoms with Gasteiger partial charge in [-0.1, -0.05) is 32.1 Å². The fraction of sp³-hybridized carbons (Fsp3) is 0.425. The molecule has 0 amide bonds. The monoisotopic (exact) mass is 664 g/mol. The average molecular weight is 665 g/mol. The van der Waals surface area contributed by atoms with Gasteiger partial charge < -0.3 is 30.1 Å². The van der Waals surface area contributed by atoms with E-state index in [0.717, 1.165) is 62.9 Å². The van der Waals surface area contributed by atoms with Gasteiger partial charge in [-0.2, -0.15) is 0 Å². The number of hydrogen-bond donors (Lipinski definition) is 4. The third-order valence-corrected chi connectivity index (χ3v) is 10.9. The van der Waals surface area contributed by atoms with Crippen molar-refractivity contribution in [3.8, 4) is 0 Å². The number of ketones is 1. The van der Waals surface area contributed by atoms with Crippen LogP contribution in [-0.2, 0) is 25.5 Å². The molecule has 3 aliphatic heterocycles. The van der Waals surface area contributed by atoms with Crippen molar-refractivity contribution in [1.82, 2.24) is 20.6 Å². The van der Waals surface area contributed by atoms with Gasteiger partial charge in [-0.05, 0) is 88.0 Å². The number of hydrogen-bond acceptors (Lipinski definition) is 7. The average Bonchev–Trinajstić information content (AvgIpc) is 3.80. The molecule has 49 heavy (non-hydrogen) atoms. The predicted octanol–water partition coefficient (Wildman–Crippen LogP) is 7.08. The molecule has 1 fully saturated rings. The van der Waals surface area contributed by atoms with Gasteiger partial charge in [0.05, 0.1) is 18.8 Å². The number of carbonyl (C=O) groups is 3. The summed E-state index contributed by atoms with van der Waals surface area (Å²) in [6.07, 6.45) is 10.2. The van der Waals surface area contributed by atoms with Gasteiger partial charge in [0, 0.05) is 75.6 Å². The van der Waals surface area contributed by atoms with Gasteiger partial charge in [-0.15, -0.1) is 0 Å². The minimum atomic E-state index is -1.11. The van der Waals surface area contributed by atoms with Crippen LogP contribution in [0.25, 0.3) is 23.8 Å². The lowest BCUT2D eigenvalue weighted by atomic mass is 9.85. The molecule has 1 unspecified atom stereocenters. The van der Waals surface area contributed by atoms with Crippen LogP contribution < -0.4 is 10.6 Å². The number of esters is 2. The number of H-pyrrole nitrogens is 2. The van der Waals surface area contributed by atoms with Crippen molar-refractivity contribution >= 4 is 41.5 Å². The second-order valence-corrected chi connectivity index (χ2v) is 13.9. The first-order valence-electron chi connectivity index (χ1n) is 17.3. The molecule has 9 heteroatoms. The van der Waals surface area contributed by atoms with Gasteiger partial charge in [0.25, 0.3) is 0 Å². The van der Waals surface area contributed by atoms with Gasteiger partial charge >= 0.3 is 11.9 Å². The van der Waals surface area contributed by atoms with Crippen LogP contribution in [0, 0.1) is 31.6 Å². The van der Waals surface area contributed by atoms with E-state index in [9.17, 15) is 14.4 Å². The maximum absolute atomic E-state index is 14.2. The van der Waals surface area contributed by atoms with Gasteiger partial charge in [0.1, 0.15) is 12.5 Å². The summed E-state index contributed by atoms with van der Waals surface area (Å²) in [6.45, 7) is 18.8. The van der Waals surface area contributed by atoms with Crippen LogP contribution in [0.2, 0.25) is 0 Å². The van der Waals surface area contributed by atoms with Crippen LogP contribution in [0.5, 0.6) is 0 Å². The zero-order chi connectivity index (χ0) is 35.3. The SMILES string of the molecule is C=Cc1c2[nH]c(c1C)/C=C1\N/C(=C3\c4[nH]c(c(C)c4C(=O)[C@@H]3C(=O)OC)CC3N/C(=C\2)C(C)=C3CC)[C@@H](CCC(=O)OCC=C(C)C)[C@@H]1C. The summed E-state index contributed by atoms with van der Waals surface area (Å²) in [5.41, 5.74) is 14.0. The second-order valence-electron chi connectivity index (χ2n) is 13.9. The van der Waals surface area contributed by atoms with Crippen molar-refractivity contribution in [2.75, 3.05) is 13.7 Å². The number of carbonyl (C=O) groups excluding carboxylic acids is 3. The highest BCUT2D eigenvalue weighted by molar-refractivity contribution is 6.24. The molecule has 1 aliphatic carbocycles. The van der Waals surface area contributed by atoms with Crippen LogP contribution >= 0.6 is 0 Å². The Balaban J connectivity index is 1.56. The Morgan fingerprint density at radius 1 is 1.08 bits per heavy atom. The van der Waals surface area contributed by atoms with Crippen LogP contribution in [0.3, 0.4) is 0 Å². The maximum atomic E-state index is 14.2. The summed E-state index contributed by atoms with van der Waals surface area (Å²) in [7, 11) is 1.32. The minimum Gasteiger partial charge on any atom is -0.468 e. The van der Waals surface area contributed by atoms with Crippen molar-refractivity contribution in [3.63, 3.8) is 0 Å². The number of aromatic amines is 2. The van der Waals surface area contributed by atoms with Crippen LogP contribution in [0.4, 0.5) is 0 Å². The first kappa shape index (κ1) is 34.1. The summed E-state index contributed by atoms with van der Waals surface area (Å²) in [5, 5.41) is 7.44. The van der Waals surface area contributed by atoms with Crippen molar-refractivity contribution in [2.45, 2.75) is 80.2 Å². The molecule has 5 heterocycles. The molecule has 0 saturated carbocycles. The molecule has 258 valence electrons. The molecule has 4 aliphatic rings. The minimum absolute atomic E-state index is 0.0354. The van der Waals surface area contributed by atoms with E-state index in [1.807, 2.05) is 32.9 Å². The molecule has 2 aromatic heterocycles. The number of ether oxygens (including phenoxy) is 2. The van der Waals surface area contributed by atoms with E-state index in [1.165, 1.54) is 18.3 Å². The molecule has 9 nitrogen and oxygen atoms in total. The molecule has 4 N–H and O–H groups in total. The zero-order valence-corrected chi connectivity index (χ0v) is 29.9. The molecular formula is C40H48N4O5. The van der Waals surface area contributed by atoms with E-state index in [1.54, 1.807) is 0 Å². The number of rotatable bonds is 8. The van der Waals surface area contributed by atoms with Gasteiger partial charge in [-0.3, -0.25) is 14.4 Å². The maximum Gasteiger partial charge on any atom is 0.321 e. The largest absolute Gasteiger partial charge is 0.468 e.